The summed E-state index contributed by atoms with van der Waals surface area (Å²) in [6.07, 6.45) is 0. The van der Waals surface area contributed by atoms with Crippen LogP contribution < -0.4 is 11.1 Å². The molecule has 98 valence electrons. The van der Waals surface area contributed by atoms with Crippen LogP contribution in [0.4, 0.5) is 11.4 Å². The average Bonchev–Trinajstić information content (AvgIpc) is 2.32. The second-order valence-corrected chi connectivity index (χ2v) is 5.68. The predicted octanol–water partition coefficient (Wildman–Crippen LogP) is 3.75. The molecular formula is C13H10Br2N2O2. The van der Waals surface area contributed by atoms with E-state index in [1.807, 2.05) is 0 Å². The summed E-state index contributed by atoms with van der Waals surface area (Å²) >= 11 is 6.50. The number of phenols is 1. The Morgan fingerprint density at radius 3 is 2.37 bits per heavy atom. The fourth-order valence-corrected chi connectivity index (χ4v) is 2.26. The maximum absolute atomic E-state index is 12.0. The van der Waals surface area contributed by atoms with E-state index in [4.69, 9.17) is 5.73 Å². The van der Waals surface area contributed by atoms with E-state index >= 15 is 0 Å². The maximum Gasteiger partial charge on any atom is 0.259 e. The van der Waals surface area contributed by atoms with E-state index in [1.54, 1.807) is 24.3 Å². The van der Waals surface area contributed by atoms with E-state index in [0.717, 1.165) is 4.47 Å². The van der Waals surface area contributed by atoms with Crippen LogP contribution in [0.25, 0.3) is 0 Å². The Kier molecular flexibility index (Phi) is 4.11. The molecule has 0 atom stereocenters. The van der Waals surface area contributed by atoms with Gasteiger partial charge >= 0.3 is 0 Å². The molecule has 0 saturated heterocycles. The summed E-state index contributed by atoms with van der Waals surface area (Å²) in [6.45, 7) is 0. The highest BCUT2D eigenvalue weighted by Gasteiger charge is 2.12. The monoisotopic (exact) mass is 384 g/mol. The van der Waals surface area contributed by atoms with Gasteiger partial charge in [-0.05, 0) is 36.4 Å². The molecule has 2 aromatic rings. The van der Waals surface area contributed by atoms with Gasteiger partial charge in [0.2, 0.25) is 0 Å². The maximum atomic E-state index is 12.0. The van der Waals surface area contributed by atoms with Crippen LogP contribution in [0.15, 0.2) is 45.3 Å². The van der Waals surface area contributed by atoms with Crippen molar-refractivity contribution in [2.75, 3.05) is 11.1 Å². The van der Waals surface area contributed by atoms with E-state index < -0.39 is 5.91 Å². The smallest absolute Gasteiger partial charge is 0.259 e. The number of amides is 1. The normalized spacial score (nSPS) is 10.2. The van der Waals surface area contributed by atoms with Gasteiger partial charge in [-0.3, -0.25) is 4.79 Å². The number of aromatic hydroxyl groups is 1. The zero-order valence-electron chi connectivity index (χ0n) is 9.65. The topological polar surface area (TPSA) is 75.3 Å². The first kappa shape index (κ1) is 13.9. The fraction of sp³-hybridized carbons (Fsp3) is 0. The van der Waals surface area contributed by atoms with E-state index in [9.17, 15) is 9.90 Å². The number of nitrogens with two attached hydrogens (primary N) is 1. The lowest BCUT2D eigenvalue weighted by atomic mass is 10.2. The molecule has 0 heterocycles. The number of halogens is 2. The Hall–Kier alpha value is -1.53. The number of carbonyl (C=O) groups excluding carboxylic acids is 1. The van der Waals surface area contributed by atoms with Crippen molar-refractivity contribution in [1.82, 2.24) is 0 Å². The number of hydrogen-bond donors (Lipinski definition) is 3. The molecule has 0 radical (unpaired) electrons. The van der Waals surface area contributed by atoms with Gasteiger partial charge in [0.25, 0.3) is 5.91 Å². The largest absolute Gasteiger partial charge is 0.507 e. The summed E-state index contributed by atoms with van der Waals surface area (Å²) in [5.74, 6) is -0.512. The van der Waals surface area contributed by atoms with E-state index in [0.29, 0.717) is 15.8 Å². The van der Waals surface area contributed by atoms with Crippen LogP contribution >= 0.6 is 31.9 Å². The zero-order valence-corrected chi connectivity index (χ0v) is 12.8. The lowest BCUT2D eigenvalue weighted by Crippen LogP contribution is -2.13. The average molecular weight is 386 g/mol. The van der Waals surface area contributed by atoms with Crippen LogP contribution in [0.2, 0.25) is 0 Å². The minimum atomic E-state index is -0.418. The highest BCUT2D eigenvalue weighted by molar-refractivity contribution is 9.10. The summed E-state index contributed by atoms with van der Waals surface area (Å²) < 4.78 is 1.53. The lowest BCUT2D eigenvalue weighted by molar-refractivity contribution is 0.102. The first-order valence-corrected chi connectivity index (χ1v) is 6.91. The predicted molar refractivity (Wildman–Crippen MR) is 82.3 cm³/mol. The third-order valence-corrected chi connectivity index (χ3v) is 3.45. The number of phenolic OH excluding ortho intramolecular Hbond substituents is 1. The van der Waals surface area contributed by atoms with Gasteiger partial charge in [-0.1, -0.05) is 31.9 Å². The molecule has 0 saturated carbocycles. The van der Waals surface area contributed by atoms with Crippen molar-refractivity contribution in [2.24, 2.45) is 0 Å². The first-order valence-electron chi connectivity index (χ1n) is 5.32. The van der Waals surface area contributed by atoms with Gasteiger partial charge in [-0.15, -0.1) is 0 Å². The van der Waals surface area contributed by atoms with Gasteiger partial charge < -0.3 is 16.2 Å². The van der Waals surface area contributed by atoms with Crippen molar-refractivity contribution >= 4 is 49.1 Å². The Morgan fingerprint density at radius 2 is 1.74 bits per heavy atom. The van der Waals surface area contributed by atoms with Crippen LogP contribution in [0.1, 0.15) is 10.4 Å². The van der Waals surface area contributed by atoms with E-state index in [1.165, 1.54) is 12.1 Å². The Morgan fingerprint density at radius 1 is 1.11 bits per heavy atom. The van der Waals surface area contributed by atoms with E-state index in [2.05, 4.69) is 37.2 Å². The molecule has 19 heavy (non-hydrogen) atoms. The minimum absolute atomic E-state index is 0.0949. The SMILES string of the molecule is Nc1cc(Br)ccc1NC(=O)c1ccc(Br)cc1O. The van der Waals surface area contributed by atoms with Crippen molar-refractivity contribution in [3.63, 3.8) is 0 Å². The van der Waals surface area contributed by atoms with Gasteiger partial charge in [0.15, 0.2) is 0 Å². The highest BCUT2D eigenvalue weighted by atomic mass is 79.9. The van der Waals surface area contributed by atoms with Crippen LogP contribution in [0.3, 0.4) is 0 Å². The van der Waals surface area contributed by atoms with Crippen molar-refractivity contribution in [3.8, 4) is 5.75 Å². The third kappa shape index (κ3) is 3.27. The van der Waals surface area contributed by atoms with Gasteiger partial charge in [0, 0.05) is 8.95 Å². The molecule has 0 aliphatic heterocycles. The van der Waals surface area contributed by atoms with Crippen LogP contribution in [0.5, 0.6) is 5.75 Å². The van der Waals surface area contributed by atoms with Gasteiger partial charge in [-0.25, -0.2) is 0 Å². The molecule has 6 heteroatoms. The second kappa shape index (κ2) is 5.63. The molecule has 4 nitrogen and oxygen atoms in total. The molecule has 0 aliphatic carbocycles. The standard InChI is InChI=1S/C13H10Br2N2O2/c14-7-2-4-11(10(16)5-7)17-13(19)9-3-1-8(15)6-12(9)18/h1-6,18H,16H2,(H,17,19). The van der Waals surface area contributed by atoms with E-state index in [-0.39, 0.29) is 11.3 Å². The van der Waals surface area contributed by atoms with Crippen molar-refractivity contribution in [1.29, 1.82) is 0 Å². The molecule has 0 fully saturated rings. The van der Waals surface area contributed by atoms with Crippen LogP contribution in [-0.4, -0.2) is 11.0 Å². The van der Waals surface area contributed by atoms with Crippen LogP contribution in [0, 0.1) is 0 Å². The molecule has 4 N–H and O–H groups in total. The first-order chi connectivity index (χ1) is 8.97. The van der Waals surface area contributed by atoms with Gasteiger partial charge in [-0.2, -0.15) is 0 Å². The molecule has 2 rings (SSSR count). The highest BCUT2D eigenvalue weighted by Crippen LogP contribution is 2.26. The molecular weight excluding hydrogens is 376 g/mol. The summed E-state index contributed by atoms with van der Waals surface area (Å²) in [4.78, 5) is 12.0. The molecule has 0 aromatic heterocycles. The van der Waals surface area contributed by atoms with Crippen molar-refractivity contribution in [2.45, 2.75) is 0 Å². The van der Waals surface area contributed by atoms with Crippen molar-refractivity contribution in [3.05, 3.63) is 50.9 Å². The Balaban J connectivity index is 2.25. The summed E-state index contributed by atoms with van der Waals surface area (Å²) in [7, 11) is 0. The molecule has 2 aromatic carbocycles. The Bertz CT molecular complexity index is 645. The number of anilines is 2. The zero-order chi connectivity index (χ0) is 14.0. The summed E-state index contributed by atoms with van der Waals surface area (Å²) in [5, 5.41) is 12.4. The van der Waals surface area contributed by atoms with Gasteiger partial charge in [0.1, 0.15) is 5.75 Å². The van der Waals surface area contributed by atoms with Crippen molar-refractivity contribution < 1.29 is 9.90 Å². The number of nitrogen functional groups attached to an aromatic ring is 1. The molecule has 0 aliphatic rings. The van der Waals surface area contributed by atoms with Gasteiger partial charge in [0.05, 0.1) is 16.9 Å². The fourth-order valence-electron chi connectivity index (χ4n) is 1.53. The number of hydrogen-bond acceptors (Lipinski definition) is 3. The number of benzene rings is 2. The third-order valence-electron chi connectivity index (χ3n) is 2.47. The quantitative estimate of drug-likeness (QED) is 0.689. The molecule has 0 spiro atoms. The Labute approximate surface area is 126 Å². The second-order valence-electron chi connectivity index (χ2n) is 3.85. The molecule has 1 amide bonds. The molecule has 0 bridgehead atoms. The summed E-state index contributed by atoms with van der Waals surface area (Å²) in [6, 6.07) is 9.82. The summed E-state index contributed by atoms with van der Waals surface area (Å²) in [5.41, 5.74) is 6.92. The molecule has 0 unspecified atom stereocenters. The number of rotatable bonds is 2. The van der Waals surface area contributed by atoms with Crippen LogP contribution in [-0.2, 0) is 0 Å². The number of carbonyl (C=O) groups is 1. The minimum Gasteiger partial charge on any atom is -0.507 e. The number of nitrogens with one attached hydrogen (secondary N) is 1. The lowest BCUT2D eigenvalue weighted by Gasteiger charge is -2.09.